The second-order valence-electron chi connectivity index (χ2n) is 5.32. The van der Waals surface area contributed by atoms with Gasteiger partial charge in [-0.15, -0.1) is 0 Å². The van der Waals surface area contributed by atoms with Crippen molar-refractivity contribution >= 4 is 27.6 Å². The monoisotopic (exact) mass is 399 g/mol. The van der Waals surface area contributed by atoms with Gasteiger partial charge in [-0.2, -0.15) is 4.98 Å². The highest BCUT2D eigenvalue weighted by Gasteiger charge is 2.11. The number of aromatic nitrogens is 2. The van der Waals surface area contributed by atoms with Crippen LogP contribution in [0, 0.1) is 6.92 Å². The van der Waals surface area contributed by atoms with Gasteiger partial charge in [0.05, 0.1) is 17.3 Å². The molecule has 0 aliphatic carbocycles. The number of hydrogen-bond acceptors (Lipinski definition) is 5. The number of hydrogen-bond donors (Lipinski definition) is 1. The predicted octanol–water partition coefficient (Wildman–Crippen LogP) is 5.48. The minimum atomic E-state index is 0.414. The molecule has 0 amide bonds. The van der Waals surface area contributed by atoms with Crippen LogP contribution in [-0.2, 0) is 0 Å². The van der Waals surface area contributed by atoms with E-state index in [1.165, 1.54) is 0 Å². The average Bonchev–Trinajstić information content (AvgIpc) is 2.60. The lowest BCUT2D eigenvalue weighted by Gasteiger charge is -2.12. The Kier molecular flexibility index (Phi) is 5.50. The summed E-state index contributed by atoms with van der Waals surface area (Å²) < 4.78 is 12.2. The number of para-hydroxylation sites is 2. The number of ether oxygens (including phenoxy) is 2. The quantitative estimate of drug-likeness (QED) is 0.594. The standard InChI is InChI=1S/C19H18BrN3O2/c1-3-24-16-9-4-5-10-17(16)25-18-15(20)12-21-19(23-18)22-14-8-6-7-13(2)11-14/h4-12H,3H2,1-2H3,(H,21,22,23). The summed E-state index contributed by atoms with van der Waals surface area (Å²) in [4.78, 5) is 8.73. The summed E-state index contributed by atoms with van der Waals surface area (Å²) in [5.74, 6) is 2.14. The van der Waals surface area contributed by atoms with Crippen molar-refractivity contribution in [1.82, 2.24) is 9.97 Å². The van der Waals surface area contributed by atoms with Crippen molar-refractivity contribution < 1.29 is 9.47 Å². The van der Waals surface area contributed by atoms with Crippen molar-refractivity contribution in [2.75, 3.05) is 11.9 Å². The summed E-state index contributed by atoms with van der Waals surface area (Å²) in [6.07, 6.45) is 1.66. The Bertz CT molecular complexity index is 871. The number of anilines is 2. The highest BCUT2D eigenvalue weighted by Crippen LogP contribution is 2.34. The first-order valence-electron chi connectivity index (χ1n) is 7.91. The zero-order valence-corrected chi connectivity index (χ0v) is 15.6. The van der Waals surface area contributed by atoms with Crippen LogP contribution in [0.25, 0.3) is 0 Å². The molecule has 0 radical (unpaired) electrons. The number of aryl methyl sites for hydroxylation is 1. The summed E-state index contributed by atoms with van der Waals surface area (Å²) in [5.41, 5.74) is 2.08. The summed E-state index contributed by atoms with van der Waals surface area (Å²) in [6.45, 7) is 4.53. The molecule has 0 atom stereocenters. The highest BCUT2D eigenvalue weighted by atomic mass is 79.9. The third-order valence-electron chi connectivity index (χ3n) is 3.34. The van der Waals surface area contributed by atoms with Crippen LogP contribution < -0.4 is 14.8 Å². The molecule has 0 aliphatic heterocycles. The van der Waals surface area contributed by atoms with Crippen molar-refractivity contribution in [3.05, 3.63) is 64.8 Å². The van der Waals surface area contributed by atoms with E-state index in [0.717, 1.165) is 11.3 Å². The summed E-state index contributed by atoms with van der Waals surface area (Å²) in [6, 6.07) is 15.5. The molecule has 0 spiro atoms. The molecule has 5 nitrogen and oxygen atoms in total. The van der Waals surface area contributed by atoms with Crippen LogP contribution in [0.1, 0.15) is 12.5 Å². The second-order valence-corrected chi connectivity index (χ2v) is 6.18. The first-order valence-corrected chi connectivity index (χ1v) is 8.71. The largest absolute Gasteiger partial charge is 0.490 e. The van der Waals surface area contributed by atoms with Crippen LogP contribution in [0.2, 0.25) is 0 Å². The minimum Gasteiger partial charge on any atom is -0.490 e. The van der Waals surface area contributed by atoms with Gasteiger partial charge in [0.1, 0.15) is 0 Å². The minimum absolute atomic E-state index is 0.414. The van der Waals surface area contributed by atoms with Gasteiger partial charge in [0.2, 0.25) is 11.8 Å². The van der Waals surface area contributed by atoms with Gasteiger partial charge in [-0.1, -0.05) is 24.3 Å². The molecule has 1 N–H and O–H groups in total. The van der Waals surface area contributed by atoms with Gasteiger partial charge in [0.25, 0.3) is 0 Å². The number of nitrogens with one attached hydrogen (secondary N) is 1. The normalized spacial score (nSPS) is 10.4. The number of benzene rings is 2. The van der Waals surface area contributed by atoms with Crippen molar-refractivity contribution in [3.8, 4) is 17.4 Å². The smallest absolute Gasteiger partial charge is 0.238 e. The number of nitrogens with zero attached hydrogens (tertiary/aromatic N) is 2. The van der Waals surface area contributed by atoms with Gasteiger partial charge in [-0.3, -0.25) is 0 Å². The second kappa shape index (κ2) is 7.98. The van der Waals surface area contributed by atoms with E-state index in [-0.39, 0.29) is 0 Å². The molecule has 3 rings (SSSR count). The molecule has 2 aromatic carbocycles. The Balaban J connectivity index is 1.85. The van der Waals surface area contributed by atoms with Gasteiger partial charge in [-0.05, 0) is 59.6 Å². The van der Waals surface area contributed by atoms with Gasteiger partial charge in [0, 0.05) is 5.69 Å². The Labute approximate surface area is 155 Å². The van der Waals surface area contributed by atoms with Crippen LogP contribution in [0.5, 0.6) is 17.4 Å². The molecule has 0 aliphatic rings. The molecule has 0 fully saturated rings. The Morgan fingerprint density at radius 1 is 1.08 bits per heavy atom. The SMILES string of the molecule is CCOc1ccccc1Oc1nc(Nc2cccc(C)c2)ncc1Br. The molecular formula is C19H18BrN3O2. The molecule has 0 bridgehead atoms. The van der Waals surface area contributed by atoms with Crippen molar-refractivity contribution in [2.24, 2.45) is 0 Å². The Morgan fingerprint density at radius 3 is 2.64 bits per heavy atom. The van der Waals surface area contributed by atoms with E-state index in [1.807, 2.05) is 62.4 Å². The zero-order valence-electron chi connectivity index (χ0n) is 14.0. The fourth-order valence-electron chi connectivity index (χ4n) is 2.25. The lowest BCUT2D eigenvalue weighted by atomic mass is 10.2. The van der Waals surface area contributed by atoms with E-state index in [4.69, 9.17) is 9.47 Å². The highest BCUT2D eigenvalue weighted by molar-refractivity contribution is 9.10. The first kappa shape index (κ1) is 17.2. The van der Waals surface area contributed by atoms with E-state index >= 15 is 0 Å². The number of rotatable bonds is 6. The third kappa shape index (κ3) is 4.48. The third-order valence-corrected chi connectivity index (χ3v) is 3.89. The molecule has 0 unspecified atom stereocenters. The van der Waals surface area contributed by atoms with Crippen LogP contribution in [-0.4, -0.2) is 16.6 Å². The van der Waals surface area contributed by atoms with Crippen molar-refractivity contribution in [1.29, 1.82) is 0 Å². The maximum atomic E-state index is 5.93. The van der Waals surface area contributed by atoms with Crippen LogP contribution >= 0.6 is 15.9 Å². The topological polar surface area (TPSA) is 56.3 Å². The summed E-state index contributed by atoms with van der Waals surface area (Å²) in [7, 11) is 0. The molecular weight excluding hydrogens is 382 g/mol. The summed E-state index contributed by atoms with van der Waals surface area (Å²) in [5, 5.41) is 3.18. The van der Waals surface area contributed by atoms with E-state index in [1.54, 1.807) is 6.20 Å². The van der Waals surface area contributed by atoms with Crippen molar-refractivity contribution in [3.63, 3.8) is 0 Å². The summed E-state index contributed by atoms with van der Waals surface area (Å²) >= 11 is 3.43. The zero-order chi connectivity index (χ0) is 17.6. The van der Waals surface area contributed by atoms with Crippen molar-refractivity contribution in [2.45, 2.75) is 13.8 Å². The average molecular weight is 400 g/mol. The molecule has 0 saturated heterocycles. The van der Waals surface area contributed by atoms with Crippen LogP contribution in [0.3, 0.4) is 0 Å². The Morgan fingerprint density at radius 2 is 1.88 bits per heavy atom. The molecule has 3 aromatic rings. The van der Waals surface area contributed by atoms with Gasteiger partial charge in [0.15, 0.2) is 11.5 Å². The molecule has 1 heterocycles. The fourth-order valence-corrected chi connectivity index (χ4v) is 2.52. The van der Waals surface area contributed by atoms with E-state index in [9.17, 15) is 0 Å². The van der Waals surface area contributed by atoms with E-state index < -0.39 is 0 Å². The van der Waals surface area contributed by atoms with E-state index in [2.05, 4.69) is 31.2 Å². The molecule has 1 aromatic heterocycles. The van der Waals surface area contributed by atoms with Gasteiger partial charge < -0.3 is 14.8 Å². The van der Waals surface area contributed by atoms with Crippen LogP contribution in [0.15, 0.2) is 59.2 Å². The predicted molar refractivity (Wildman–Crippen MR) is 102 cm³/mol. The lowest BCUT2D eigenvalue weighted by molar-refractivity contribution is 0.319. The molecule has 6 heteroatoms. The van der Waals surface area contributed by atoms with E-state index in [0.29, 0.717) is 34.4 Å². The molecule has 0 saturated carbocycles. The maximum Gasteiger partial charge on any atom is 0.238 e. The molecule has 25 heavy (non-hydrogen) atoms. The molecule has 128 valence electrons. The van der Waals surface area contributed by atoms with Crippen LogP contribution in [0.4, 0.5) is 11.6 Å². The van der Waals surface area contributed by atoms with Gasteiger partial charge >= 0.3 is 0 Å². The number of halogens is 1. The maximum absolute atomic E-state index is 5.93. The lowest BCUT2D eigenvalue weighted by Crippen LogP contribution is -2.00. The Hall–Kier alpha value is -2.60. The fraction of sp³-hybridized carbons (Fsp3) is 0.158. The van der Waals surface area contributed by atoms with Gasteiger partial charge in [-0.25, -0.2) is 4.98 Å². The first-order chi connectivity index (χ1) is 12.2.